The summed E-state index contributed by atoms with van der Waals surface area (Å²) in [5.41, 5.74) is 0.911. The highest BCUT2D eigenvalue weighted by molar-refractivity contribution is 5.28. The van der Waals surface area contributed by atoms with Crippen LogP contribution in [0.15, 0.2) is 24.3 Å². The smallest absolute Gasteiger partial charge is 0.119 e. The van der Waals surface area contributed by atoms with Gasteiger partial charge in [0, 0.05) is 12.6 Å². The third-order valence-corrected chi connectivity index (χ3v) is 2.36. The molecule has 3 nitrogen and oxygen atoms in total. The van der Waals surface area contributed by atoms with Crippen LogP contribution in [0, 0.1) is 0 Å². The highest BCUT2D eigenvalue weighted by atomic mass is 16.5. The minimum atomic E-state index is -0.467. The van der Waals surface area contributed by atoms with Crippen LogP contribution in [0.4, 0.5) is 0 Å². The fourth-order valence-electron chi connectivity index (χ4n) is 1.51. The Kier molecular flexibility index (Phi) is 5.45. The number of benzene rings is 1. The molecule has 1 atom stereocenters. The summed E-state index contributed by atoms with van der Waals surface area (Å²) in [4.78, 5) is 0. The maximum atomic E-state index is 9.94. The first-order chi connectivity index (χ1) is 7.99. The zero-order chi connectivity index (χ0) is 12.8. The predicted molar refractivity (Wildman–Crippen MR) is 70.3 cm³/mol. The monoisotopic (exact) mass is 237 g/mol. The standard InChI is InChI=1S/C14H23NO2/c1-10(2)15-9-14(16)12-5-7-13(8-6-12)17-11(3)4/h5-8,10-11,14-16H,9H2,1-4H3. The van der Waals surface area contributed by atoms with Crippen LogP contribution >= 0.6 is 0 Å². The Morgan fingerprint density at radius 3 is 2.18 bits per heavy atom. The number of rotatable bonds is 6. The van der Waals surface area contributed by atoms with E-state index in [1.54, 1.807) is 0 Å². The molecule has 0 aromatic heterocycles. The third kappa shape index (κ3) is 5.20. The minimum Gasteiger partial charge on any atom is -0.491 e. The van der Waals surface area contributed by atoms with Crippen LogP contribution in [-0.4, -0.2) is 23.8 Å². The van der Waals surface area contributed by atoms with Crippen LogP contribution < -0.4 is 10.1 Å². The summed E-state index contributed by atoms with van der Waals surface area (Å²) in [7, 11) is 0. The maximum Gasteiger partial charge on any atom is 0.119 e. The van der Waals surface area contributed by atoms with E-state index in [1.807, 2.05) is 38.1 Å². The molecule has 1 aromatic rings. The summed E-state index contributed by atoms with van der Waals surface area (Å²) in [5.74, 6) is 0.841. The predicted octanol–water partition coefficient (Wildman–Crippen LogP) is 2.51. The van der Waals surface area contributed by atoms with Crippen LogP contribution in [-0.2, 0) is 0 Å². The lowest BCUT2D eigenvalue weighted by Crippen LogP contribution is -2.27. The van der Waals surface area contributed by atoms with Crippen molar-refractivity contribution < 1.29 is 9.84 Å². The van der Waals surface area contributed by atoms with Gasteiger partial charge in [0.05, 0.1) is 12.2 Å². The summed E-state index contributed by atoms with van der Waals surface area (Å²) in [5, 5.41) is 13.1. The summed E-state index contributed by atoms with van der Waals surface area (Å²) in [6.45, 7) is 8.69. The lowest BCUT2D eigenvalue weighted by molar-refractivity contribution is 0.171. The van der Waals surface area contributed by atoms with Gasteiger partial charge in [-0.3, -0.25) is 0 Å². The Bertz CT molecular complexity index is 319. The first-order valence-electron chi connectivity index (χ1n) is 6.17. The molecule has 1 rings (SSSR count). The molecule has 3 heteroatoms. The molecule has 0 bridgehead atoms. The molecular formula is C14H23NO2. The Balaban J connectivity index is 2.54. The molecule has 2 N–H and O–H groups in total. The Hall–Kier alpha value is -1.06. The van der Waals surface area contributed by atoms with E-state index in [2.05, 4.69) is 19.2 Å². The van der Waals surface area contributed by atoms with Gasteiger partial charge in [0.2, 0.25) is 0 Å². The number of hydrogen-bond acceptors (Lipinski definition) is 3. The maximum absolute atomic E-state index is 9.94. The van der Waals surface area contributed by atoms with Crippen molar-refractivity contribution in [3.05, 3.63) is 29.8 Å². The molecule has 17 heavy (non-hydrogen) atoms. The SMILES string of the molecule is CC(C)NCC(O)c1ccc(OC(C)C)cc1. The molecule has 1 unspecified atom stereocenters. The van der Waals surface area contributed by atoms with E-state index < -0.39 is 6.10 Å². The van der Waals surface area contributed by atoms with Gasteiger partial charge < -0.3 is 15.2 Å². The zero-order valence-corrected chi connectivity index (χ0v) is 11.1. The zero-order valence-electron chi connectivity index (χ0n) is 11.1. The van der Waals surface area contributed by atoms with Gasteiger partial charge in [-0.1, -0.05) is 26.0 Å². The average molecular weight is 237 g/mol. The molecular weight excluding hydrogens is 214 g/mol. The molecule has 0 aliphatic carbocycles. The van der Waals surface area contributed by atoms with Crippen LogP contribution in [0.1, 0.15) is 39.4 Å². The Morgan fingerprint density at radius 1 is 1.12 bits per heavy atom. The summed E-state index contributed by atoms with van der Waals surface area (Å²) in [6, 6.07) is 7.99. The van der Waals surface area contributed by atoms with E-state index in [1.165, 1.54) is 0 Å². The minimum absolute atomic E-state index is 0.174. The Labute approximate surface area is 104 Å². The van der Waals surface area contributed by atoms with E-state index in [0.717, 1.165) is 11.3 Å². The van der Waals surface area contributed by atoms with E-state index in [4.69, 9.17) is 4.74 Å². The van der Waals surface area contributed by atoms with Gasteiger partial charge in [-0.2, -0.15) is 0 Å². The molecule has 0 aliphatic heterocycles. The highest BCUT2D eigenvalue weighted by Crippen LogP contribution is 2.18. The fraction of sp³-hybridized carbons (Fsp3) is 0.571. The first-order valence-corrected chi connectivity index (χ1v) is 6.17. The van der Waals surface area contributed by atoms with Crippen molar-refractivity contribution in [3.8, 4) is 5.75 Å². The first kappa shape index (κ1) is 14.0. The lowest BCUT2D eigenvalue weighted by Gasteiger charge is -2.15. The third-order valence-electron chi connectivity index (χ3n) is 2.36. The molecule has 0 fully saturated rings. The summed E-state index contributed by atoms with van der Waals surface area (Å²) < 4.78 is 5.55. The van der Waals surface area contributed by atoms with E-state index in [-0.39, 0.29) is 6.10 Å². The van der Waals surface area contributed by atoms with Crippen LogP contribution in [0.2, 0.25) is 0 Å². The van der Waals surface area contributed by atoms with Crippen molar-refractivity contribution in [2.45, 2.75) is 45.9 Å². The largest absolute Gasteiger partial charge is 0.491 e. The normalized spacial score (nSPS) is 13.1. The van der Waals surface area contributed by atoms with E-state index >= 15 is 0 Å². The van der Waals surface area contributed by atoms with Crippen molar-refractivity contribution in [2.75, 3.05) is 6.54 Å². The van der Waals surface area contributed by atoms with E-state index in [0.29, 0.717) is 12.6 Å². The van der Waals surface area contributed by atoms with Gasteiger partial charge in [-0.15, -0.1) is 0 Å². The van der Waals surface area contributed by atoms with Crippen molar-refractivity contribution >= 4 is 0 Å². The highest BCUT2D eigenvalue weighted by Gasteiger charge is 2.08. The molecule has 96 valence electrons. The van der Waals surface area contributed by atoms with Gasteiger partial charge in [0.15, 0.2) is 0 Å². The van der Waals surface area contributed by atoms with Crippen molar-refractivity contribution in [3.63, 3.8) is 0 Å². The molecule has 0 heterocycles. The second-order valence-electron chi connectivity index (χ2n) is 4.81. The van der Waals surface area contributed by atoms with Crippen LogP contribution in [0.25, 0.3) is 0 Å². The van der Waals surface area contributed by atoms with Crippen LogP contribution in [0.3, 0.4) is 0 Å². The molecule has 0 saturated heterocycles. The molecule has 1 aromatic carbocycles. The van der Waals surface area contributed by atoms with Gasteiger partial charge in [0.1, 0.15) is 5.75 Å². The second kappa shape index (κ2) is 6.62. The van der Waals surface area contributed by atoms with E-state index in [9.17, 15) is 5.11 Å². The molecule has 0 spiro atoms. The Morgan fingerprint density at radius 2 is 1.71 bits per heavy atom. The number of nitrogens with one attached hydrogen (secondary N) is 1. The molecule has 0 aliphatic rings. The molecule has 0 saturated carbocycles. The fourth-order valence-corrected chi connectivity index (χ4v) is 1.51. The van der Waals surface area contributed by atoms with Gasteiger partial charge in [0.25, 0.3) is 0 Å². The van der Waals surface area contributed by atoms with Crippen molar-refractivity contribution in [1.82, 2.24) is 5.32 Å². The number of aliphatic hydroxyl groups excluding tert-OH is 1. The van der Waals surface area contributed by atoms with Gasteiger partial charge >= 0.3 is 0 Å². The lowest BCUT2D eigenvalue weighted by atomic mass is 10.1. The van der Waals surface area contributed by atoms with Gasteiger partial charge in [-0.25, -0.2) is 0 Å². The average Bonchev–Trinajstić information content (AvgIpc) is 2.26. The number of hydrogen-bond donors (Lipinski definition) is 2. The summed E-state index contributed by atoms with van der Waals surface area (Å²) in [6.07, 6.45) is -0.293. The molecule has 0 amide bonds. The van der Waals surface area contributed by atoms with Gasteiger partial charge in [-0.05, 0) is 31.5 Å². The summed E-state index contributed by atoms with van der Waals surface area (Å²) >= 11 is 0. The van der Waals surface area contributed by atoms with Crippen LogP contribution in [0.5, 0.6) is 5.75 Å². The topological polar surface area (TPSA) is 41.5 Å². The number of ether oxygens (including phenoxy) is 1. The van der Waals surface area contributed by atoms with Crippen molar-refractivity contribution in [2.24, 2.45) is 0 Å². The second-order valence-corrected chi connectivity index (χ2v) is 4.81. The quantitative estimate of drug-likeness (QED) is 0.798. The van der Waals surface area contributed by atoms with Crippen molar-refractivity contribution in [1.29, 1.82) is 0 Å². The number of aliphatic hydroxyl groups is 1. The molecule has 0 radical (unpaired) electrons.